The second-order valence-electron chi connectivity index (χ2n) is 1.73. The van der Waals surface area contributed by atoms with Crippen molar-refractivity contribution >= 4 is 12.0 Å². The summed E-state index contributed by atoms with van der Waals surface area (Å²) in [4.78, 5) is 23.3. The molecule has 0 aromatic carbocycles. The summed E-state index contributed by atoms with van der Waals surface area (Å²) in [5.41, 5.74) is 0. The highest BCUT2D eigenvalue weighted by Crippen LogP contribution is 2.00. The Bertz CT molecular complexity index is 194. The summed E-state index contributed by atoms with van der Waals surface area (Å²) in [5.74, 6) is -0.552. The molecule has 0 saturated carbocycles. The third-order valence-electron chi connectivity index (χ3n) is 0.808. The van der Waals surface area contributed by atoms with Gasteiger partial charge in [-0.25, -0.2) is 14.6 Å². The smallest absolute Gasteiger partial charge is 0.330 e. The van der Waals surface area contributed by atoms with Crippen LogP contribution in [0, 0.1) is 6.10 Å². The Labute approximate surface area is 64.6 Å². The molecule has 0 aliphatic heterocycles. The molecule has 0 N–H and O–H groups in total. The minimum absolute atomic E-state index is 0.0586. The van der Waals surface area contributed by atoms with E-state index in [1.807, 2.05) is 0 Å². The number of rotatable bonds is 4. The third kappa shape index (κ3) is 5.06. The summed E-state index contributed by atoms with van der Waals surface area (Å²) >= 11 is 0. The summed E-state index contributed by atoms with van der Waals surface area (Å²) in [6, 6.07) is 0. The third-order valence-corrected chi connectivity index (χ3v) is 0.808. The molecule has 0 aliphatic rings. The molecule has 59 valence electrons. The van der Waals surface area contributed by atoms with Crippen molar-refractivity contribution in [3.05, 3.63) is 18.8 Å². The fourth-order valence-corrected chi connectivity index (χ4v) is 0.389. The van der Waals surface area contributed by atoms with Crippen molar-refractivity contribution in [2.75, 3.05) is 6.54 Å². The summed E-state index contributed by atoms with van der Waals surface area (Å²) in [6.45, 7) is 4.80. The number of ether oxygens (including phenoxy) is 1. The van der Waals surface area contributed by atoms with Crippen LogP contribution in [0.25, 0.3) is 0 Å². The molecule has 0 spiro atoms. The van der Waals surface area contributed by atoms with Gasteiger partial charge in [-0.3, -0.25) is 0 Å². The van der Waals surface area contributed by atoms with E-state index < -0.39 is 5.97 Å². The molecule has 0 rings (SSSR count). The molecule has 0 bridgehead atoms. The molecule has 0 fully saturated rings. The Balaban J connectivity index is 3.67. The van der Waals surface area contributed by atoms with Gasteiger partial charge in [0.25, 0.3) is 0 Å². The van der Waals surface area contributed by atoms with Crippen LogP contribution in [0.5, 0.6) is 0 Å². The van der Waals surface area contributed by atoms with Gasteiger partial charge in [-0.15, -0.1) is 0 Å². The zero-order valence-corrected chi connectivity index (χ0v) is 6.16. The second-order valence-corrected chi connectivity index (χ2v) is 1.73. The molecule has 1 radical (unpaired) electrons. The fourth-order valence-electron chi connectivity index (χ4n) is 0.389. The van der Waals surface area contributed by atoms with E-state index in [0.29, 0.717) is 6.10 Å². The number of carbonyl (C=O) groups is 1. The highest BCUT2D eigenvalue weighted by Gasteiger charge is 2.05. The van der Waals surface area contributed by atoms with Gasteiger partial charge in [0.1, 0.15) is 0 Å². The molecule has 4 nitrogen and oxygen atoms in total. The number of nitrogens with zero attached hydrogens (tertiary/aromatic N) is 1. The maximum absolute atomic E-state index is 10.5. The van der Waals surface area contributed by atoms with Crippen LogP contribution in [-0.4, -0.2) is 18.6 Å². The molecule has 0 heterocycles. The van der Waals surface area contributed by atoms with Gasteiger partial charge in [0.15, 0.2) is 6.10 Å². The Morgan fingerprint density at radius 3 is 2.91 bits per heavy atom. The van der Waals surface area contributed by atoms with Crippen LogP contribution >= 0.6 is 0 Å². The quantitative estimate of drug-likeness (QED) is 0.258. The summed E-state index contributed by atoms with van der Waals surface area (Å²) in [5, 5.41) is 0. The SMILES string of the molecule is C=CC(=O)O[C](C)CN=C=O. The van der Waals surface area contributed by atoms with E-state index in [1.54, 1.807) is 6.92 Å². The second kappa shape index (κ2) is 5.38. The number of carbonyl (C=O) groups excluding carboxylic acids is 2. The molecule has 0 aliphatic carbocycles. The van der Waals surface area contributed by atoms with E-state index in [-0.39, 0.29) is 6.54 Å². The van der Waals surface area contributed by atoms with E-state index >= 15 is 0 Å². The maximum Gasteiger partial charge on any atom is 0.330 e. The van der Waals surface area contributed by atoms with Crippen molar-refractivity contribution < 1.29 is 14.3 Å². The zero-order valence-electron chi connectivity index (χ0n) is 6.16. The average Bonchev–Trinajstić information content (AvgIpc) is 2.00. The summed E-state index contributed by atoms with van der Waals surface area (Å²) in [6.07, 6.45) is 2.71. The van der Waals surface area contributed by atoms with Gasteiger partial charge < -0.3 is 4.74 Å². The lowest BCUT2D eigenvalue weighted by Gasteiger charge is -2.04. The molecule has 0 atom stereocenters. The van der Waals surface area contributed by atoms with E-state index in [4.69, 9.17) is 0 Å². The van der Waals surface area contributed by atoms with E-state index in [2.05, 4.69) is 16.3 Å². The molecule has 0 amide bonds. The Hall–Kier alpha value is -1.41. The predicted molar refractivity (Wildman–Crippen MR) is 38.2 cm³/mol. The standard InChI is InChI=1S/C7H8NO3/c1-3-7(10)11-6(2)4-8-5-9/h3H,1,4H2,2H3. The van der Waals surface area contributed by atoms with Gasteiger partial charge in [0.05, 0.1) is 6.54 Å². The lowest BCUT2D eigenvalue weighted by molar-refractivity contribution is -0.136. The van der Waals surface area contributed by atoms with Gasteiger partial charge in [-0.1, -0.05) is 6.58 Å². The van der Waals surface area contributed by atoms with Crippen molar-refractivity contribution in [1.29, 1.82) is 0 Å². The molecular weight excluding hydrogens is 146 g/mol. The molecule has 0 unspecified atom stereocenters. The largest absolute Gasteiger partial charge is 0.450 e. The monoisotopic (exact) mass is 154 g/mol. The Kier molecular flexibility index (Phi) is 4.69. The van der Waals surface area contributed by atoms with E-state index in [0.717, 1.165) is 6.08 Å². The molecule has 11 heavy (non-hydrogen) atoms. The van der Waals surface area contributed by atoms with Crippen molar-refractivity contribution in [2.45, 2.75) is 6.92 Å². The summed E-state index contributed by atoms with van der Waals surface area (Å²) in [7, 11) is 0. The van der Waals surface area contributed by atoms with Crippen LogP contribution in [0.1, 0.15) is 6.92 Å². The van der Waals surface area contributed by atoms with E-state index in [1.165, 1.54) is 6.08 Å². The first kappa shape index (κ1) is 9.59. The van der Waals surface area contributed by atoms with Crippen molar-refractivity contribution in [2.24, 2.45) is 4.99 Å². The van der Waals surface area contributed by atoms with Gasteiger partial charge in [-0.2, -0.15) is 0 Å². The number of hydrogen-bond donors (Lipinski definition) is 0. The minimum atomic E-state index is -0.552. The highest BCUT2D eigenvalue weighted by molar-refractivity contribution is 5.81. The lowest BCUT2D eigenvalue weighted by atomic mass is 10.4. The molecule has 4 heteroatoms. The first-order valence-electron chi connectivity index (χ1n) is 2.91. The number of hydrogen-bond acceptors (Lipinski definition) is 4. The highest BCUT2D eigenvalue weighted by atomic mass is 16.5. The normalized spacial score (nSPS) is 8.55. The summed E-state index contributed by atoms with van der Waals surface area (Å²) < 4.78 is 4.59. The van der Waals surface area contributed by atoms with Crippen molar-refractivity contribution in [1.82, 2.24) is 0 Å². The molecular formula is C7H8NO3. The van der Waals surface area contributed by atoms with Crippen LogP contribution in [0.15, 0.2) is 17.6 Å². The first-order chi connectivity index (χ1) is 5.20. The van der Waals surface area contributed by atoms with Gasteiger partial charge in [0.2, 0.25) is 6.08 Å². The number of isocyanates is 1. The van der Waals surface area contributed by atoms with Gasteiger partial charge in [-0.05, 0) is 6.92 Å². The van der Waals surface area contributed by atoms with E-state index in [9.17, 15) is 9.59 Å². The van der Waals surface area contributed by atoms with Crippen LogP contribution in [-0.2, 0) is 14.3 Å². The maximum atomic E-state index is 10.5. The first-order valence-corrected chi connectivity index (χ1v) is 2.91. The van der Waals surface area contributed by atoms with Crippen LogP contribution in [0.3, 0.4) is 0 Å². The minimum Gasteiger partial charge on any atom is -0.450 e. The van der Waals surface area contributed by atoms with Crippen molar-refractivity contribution in [3.8, 4) is 0 Å². The number of esters is 1. The molecule has 0 aromatic heterocycles. The Morgan fingerprint density at radius 1 is 1.82 bits per heavy atom. The lowest BCUT2D eigenvalue weighted by Crippen LogP contribution is -2.07. The van der Waals surface area contributed by atoms with Crippen LogP contribution in [0.4, 0.5) is 0 Å². The van der Waals surface area contributed by atoms with Crippen molar-refractivity contribution in [3.63, 3.8) is 0 Å². The fraction of sp³-hybridized carbons (Fsp3) is 0.286. The molecule has 0 saturated heterocycles. The average molecular weight is 154 g/mol. The van der Waals surface area contributed by atoms with Crippen LogP contribution < -0.4 is 0 Å². The Morgan fingerprint density at radius 2 is 2.45 bits per heavy atom. The van der Waals surface area contributed by atoms with Gasteiger partial charge in [0, 0.05) is 6.08 Å². The van der Waals surface area contributed by atoms with Gasteiger partial charge >= 0.3 is 5.97 Å². The van der Waals surface area contributed by atoms with Crippen LogP contribution in [0.2, 0.25) is 0 Å². The zero-order chi connectivity index (χ0) is 8.69. The topological polar surface area (TPSA) is 55.7 Å². The predicted octanol–water partition coefficient (Wildman–Crippen LogP) is 0.603. The molecule has 0 aromatic rings. The number of aliphatic imine (C=N–C) groups is 1.